The third-order valence-electron chi connectivity index (χ3n) is 5.46. The van der Waals surface area contributed by atoms with E-state index in [0.717, 1.165) is 18.4 Å². The Labute approximate surface area is 183 Å². The Hall–Kier alpha value is -2.90. The van der Waals surface area contributed by atoms with Gasteiger partial charge in [0.05, 0.1) is 12.8 Å². The molecule has 1 N–H and O–H groups in total. The lowest BCUT2D eigenvalue weighted by Gasteiger charge is -2.26. The number of hydrogen-bond acceptors (Lipinski definition) is 6. The molecular weight excluding hydrogens is 400 g/mol. The summed E-state index contributed by atoms with van der Waals surface area (Å²) in [6.45, 7) is 6.98. The molecule has 0 saturated carbocycles. The van der Waals surface area contributed by atoms with E-state index in [2.05, 4.69) is 5.32 Å². The van der Waals surface area contributed by atoms with Crippen LogP contribution in [0.25, 0.3) is 0 Å². The van der Waals surface area contributed by atoms with Crippen LogP contribution in [-0.4, -0.2) is 47.3 Å². The highest BCUT2D eigenvalue weighted by Gasteiger charge is 2.57. The maximum Gasteiger partial charge on any atom is 0.418 e. The van der Waals surface area contributed by atoms with Gasteiger partial charge in [0.25, 0.3) is 11.8 Å². The largest absolute Gasteiger partial charge is 0.495 e. The van der Waals surface area contributed by atoms with Crippen LogP contribution in [-0.2, 0) is 19.1 Å². The number of amides is 3. The number of methoxy groups -OCH3 is 1. The summed E-state index contributed by atoms with van der Waals surface area (Å²) in [5, 5.41) is 2.63. The Kier molecular flexibility index (Phi) is 8.19. The predicted molar refractivity (Wildman–Crippen MR) is 116 cm³/mol. The first-order chi connectivity index (χ1) is 14.7. The number of hydrogen-bond donors (Lipinski definition) is 1. The second-order valence-electron chi connectivity index (χ2n) is 7.95. The minimum atomic E-state index is -1.62. The van der Waals surface area contributed by atoms with Crippen molar-refractivity contribution in [3.05, 3.63) is 23.8 Å². The van der Waals surface area contributed by atoms with E-state index in [-0.39, 0.29) is 0 Å². The molecule has 3 amide bonds. The second kappa shape index (κ2) is 10.4. The zero-order valence-electron chi connectivity index (χ0n) is 18.9. The van der Waals surface area contributed by atoms with Crippen molar-refractivity contribution in [1.29, 1.82) is 0 Å². The first kappa shape index (κ1) is 24.4. The van der Waals surface area contributed by atoms with Crippen molar-refractivity contribution in [2.24, 2.45) is 0 Å². The number of cyclic esters (lactones) is 1. The average Bonchev–Trinajstić information content (AvgIpc) is 2.95. The summed E-state index contributed by atoms with van der Waals surface area (Å²) in [7, 11) is 1.46. The summed E-state index contributed by atoms with van der Waals surface area (Å²) in [6, 6.07) is 3.57. The van der Waals surface area contributed by atoms with Gasteiger partial charge in [-0.05, 0) is 57.2 Å². The number of ketones is 1. The van der Waals surface area contributed by atoms with Crippen LogP contribution in [0.4, 0.5) is 10.5 Å². The number of ether oxygens (including phenoxy) is 2. The molecule has 1 aromatic carbocycles. The lowest BCUT2D eigenvalue weighted by Crippen LogP contribution is -2.53. The van der Waals surface area contributed by atoms with E-state index < -0.39 is 35.3 Å². The van der Waals surface area contributed by atoms with Gasteiger partial charge in [0, 0.05) is 0 Å². The maximum atomic E-state index is 13.4. The van der Waals surface area contributed by atoms with E-state index in [1.54, 1.807) is 12.1 Å². The van der Waals surface area contributed by atoms with Crippen LogP contribution in [0, 0.1) is 6.92 Å². The molecular formula is C23H32N2O6. The number of unbranched alkanes of at least 4 members (excludes halogenated alkanes) is 2. The molecule has 1 aliphatic heterocycles. The average molecular weight is 433 g/mol. The first-order valence-electron chi connectivity index (χ1n) is 10.7. The van der Waals surface area contributed by atoms with Crippen LogP contribution < -0.4 is 10.1 Å². The molecule has 1 fully saturated rings. The number of benzene rings is 1. The Morgan fingerprint density at radius 2 is 1.77 bits per heavy atom. The molecule has 2 rings (SSSR count). The van der Waals surface area contributed by atoms with Crippen LogP contribution in [0.2, 0.25) is 0 Å². The fraction of sp³-hybridized carbons (Fsp3) is 0.565. The number of carbonyl (C=O) groups excluding carboxylic acids is 4. The van der Waals surface area contributed by atoms with Gasteiger partial charge in [-0.15, -0.1) is 0 Å². The predicted octanol–water partition coefficient (Wildman–Crippen LogP) is 4.00. The highest BCUT2D eigenvalue weighted by Crippen LogP contribution is 2.36. The Bertz CT molecular complexity index is 842. The van der Waals surface area contributed by atoms with Crippen molar-refractivity contribution < 1.29 is 28.7 Å². The summed E-state index contributed by atoms with van der Waals surface area (Å²) in [4.78, 5) is 52.3. The van der Waals surface area contributed by atoms with Gasteiger partial charge < -0.3 is 14.8 Å². The number of rotatable bonds is 11. The Morgan fingerprint density at radius 1 is 1.16 bits per heavy atom. The smallest absolute Gasteiger partial charge is 0.418 e. The zero-order chi connectivity index (χ0) is 23.2. The summed E-state index contributed by atoms with van der Waals surface area (Å²) in [5.74, 6) is -1.64. The molecule has 1 atom stereocenters. The molecule has 1 aromatic rings. The molecule has 0 bridgehead atoms. The van der Waals surface area contributed by atoms with Gasteiger partial charge >= 0.3 is 6.09 Å². The van der Waals surface area contributed by atoms with E-state index in [0.29, 0.717) is 42.0 Å². The fourth-order valence-corrected chi connectivity index (χ4v) is 3.75. The van der Waals surface area contributed by atoms with Crippen molar-refractivity contribution in [3.8, 4) is 5.75 Å². The summed E-state index contributed by atoms with van der Waals surface area (Å²) < 4.78 is 10.8. The number of nitrogens with zero attached hydrogens (tertiary/aromatic N) is 1. The van der Waals surface area contributed by atoms with Gasteiger partial charge in [-0.25, -0.2) is 9.69 Å². The van der Waals surface area contributed by atoms with Gasteiger partial charge in [0.15, 0.2) is 17.4 Å². The number of aryl methyl sites for hydroxylation is 1. The summed E-state index contributed by atoms with van der Waals surface area (Å²) >= 11 is 0. The maximum absolute atomic E-state index is 13.4. The molecule has 8 heteroatoms. The van der Waals surface area contributed by atoms with Crippen molar-refractivity contribution in [2.75, 3.05) is 12.4 Å². The summed E-state index contributed by atoms with van der Waals surface area (Å²) in [6.07, 6.45) is 2.79. The van der Waals surface area contributed by atoms with E-state index in [9.17, 15) is 19.2 Å². The van der Waals surface area contributed by atoms with Gasteiger partial charge in [0.2, 0.25) is 0 Å². The van der Waals surface area contributed by atoms with Gasteiger partial charge in [-0.1, -0.05) is 32.8 Å². The van der Waals surface area contributed by atoms with Gasteiger partial charge in [-0.3, -0.25) is 14.4 Å². The van der Waals surface area contributed by atoms with Crippen molar-refractivity contribution in [1.82, 2.24) is 4.90 Å². The quantitative estimate of drug-likeness (QED) is 0.530. The Morgan fingerprint density at radius 3 is 2.29 bits per heavy atom. The highest BCUT2D eigenvalue weighted by molar-refractivity contribution is 6.17. The van der Waals surface area contributed by atoms with Crippen LogP contribution in [0.15, 0.2) is 18.2 Å². The number of nitrogens with one attached hydrogen (secondary N) is 1. The van der Waals surface area contributed by atoms with E-state index >= 15 is 0 Å². The molecule has 0 aliphatic carbocycles. The highest BCUT2D eigenvalue weighted by atomic mass is 16.6. The molecule has 1 unspecified atom stereocenters. The van der Waals surface area contributed by atoms with Crippen molar-refractivity contribution >= 4 is 29.4 Å². The molecule has 0 spiro atoms. The van der Waals surface area contributed by atoms with E-state index in [4.69, 9.17) is 9.47 Å². The number of imide groups is 1. The van der Waals surface area contributed by atoms with E-state index in [1.165, 1.54) is 14.0 Å². The van der Waals surface area contributed by atoms with Crippen molar-refractivity contribution in [2.45, 2.75) is 77.9 Å². The standard InChI is InChI=1S/C23H32N2O6/c1-6-8-12-23(13-9-7-2)21(28)25(22(29)31-23)19(16(4)26)20(27)24-17-14-15(3)10-11-18(17)30-5/h10-11,14,19H,6-9,12-13H2,1-5H3,(H,24,27). The fourth-order valence-electron chi connectivity index (χ4n) is 3.75. The van der Waals surface area contributed by atoms with Crippen LogP contribution >= 0.6 is 0 Å². The second-order valence-corrected chi connectivity index (χ2v) is 7.95. The summed E-state index contributed by atoms with van der Waals surface area (Å²) in [5.41, 5.74) is -0.106. The lowest BCUT2D eigenvalue weighted by atomic mass is 9.89. The van der Waals surface area contributed by atoms with Crippen LogP contribution in [0.1, 0.15) is 64.9 Å². The van der Waals surface area contributed by atoms with Crippen molar-refractivity contribution in [3.63, 3.8) is 0 Å². The monoisotopic (exact) mass is 432 g/mol. The lowest BCUT2D eigenvalue weighted by molar-refractivity contribution is -0.144. The number of Topliss-reactive ketones (excluding diaryl/α,β-unsaturated/α-hetero) is 1. The molecule has 8 nitrogen and oxygen atoms in total. The SMILES string of the molecule is CCCCC1(CCCC)OC(=O)N(C(C(C)=O)C(=O)Nc2cc(C)ccc2OC)C1=O. The number of carbonyl (C=O) groups is 4. The minimum Gasteiger partial charge on any atom is -0.495 e. The minimum absolute atomic E-state index is 0.349. The third-order valence-corrected chi connectivity index (χ3v) is 5.46. The zero-order valence-corrected chi connectivity index (χ0v) is 18.9. The van der Waals surface area contributed by atoms with E-state index in [1.807, 2.05) is 26.8 Å². The van der Waals surface area contributed by atoms with Gasteiger partial charge in [-0.2, -0.15) is 0 Å². The normalized spacial score (nSPS) is 16.1. The number of anilines is 1. The molecule has 1 saturated heterocycles. The molecule has 0 aromatic heterocycles. The molecule has 0 radical (unpaired) electrons. The Balaban J connectivity index is 2.36. The molecule has 31 heavy (non-hydrogen) atoms. The molecule has 1 aliphatic rings. The van der Waals surface area contributed by atoms with Gasteiger partial charge in [0.1, 0.15) is 5.75 Å². The first-order valence-corrected chi connectivity index (χ1v) is 10.7. The third kappa shape index (κ3) is 5.24. The van der Waals surface area contributed by atoms with Crippen LogP contribution in [0.5, 0.6) is 5.75 Å². The topological polar surface area (TPSA) is 102 Å². The van der Waals surface area contributed by atoms with Crippen LogP contribution in [0.3, 0.4) is 0 Å². The molecule has 1 heterocycles. The molecule has 170 valence electrons.